The third-order valence-corrected chi connectivity index (χ3v) is 6.45. The van der Waals surface area contributed by atoms with Gasteiger partial charge in [0, 0.05) is 34.7 Å². The third kappa shape index (κ3) is 7.14. The van der Waals surface area contributed by atoms with Gasteiger partial charge in [-0.05, 0) is 24.3 Å². The lowest BCUT2D eigenvalue weighted by Gasteiger charge is -2.13. The SMILES string of the molecule is CC(CSSCC(C)C(=O)Nc1ccccc1)C(=O)Nc1ccccc1. The first-order valence-corrected chi connectivity index (χ1v) is 11.0. The molecule has 2 unspecified atom stereocenters. The van der Waals surface area contributed by atoms with Gasteiger partial charge < -0.3 is 10.6 Å². The maximum atomic E-state index is 12.2. The van der Waals surface area contributed by atoms with Gasteiger partial charge in [-0.1, -0.05) is 71.8 Å². The number of carbonyl (C=O) groups excluding carboxylic acids is 2. The van der Waals surface area contributed by atoms with Gasteiger partial charge in [0.05, 0.1) is 0 Å². The van der Waals surface area contributed by atoms with E-state index in [0.717, 1.165) is 11.4 Å². The summed E-state index contributed by atoms with van der Waals surface area (Å²) in [4.78, 5) is 24.3. The second-order valence-corrected chi connectivity index (χ2v) is 8.63. The zero-order chi connectivity index (χ0) is 18.8. The number of anilines is 2. The van der Waals surface area contributed by atoms with Crippen molar-refractivity contribution in [3.05, 3.63) is 60.7 Å². The quantitative estimate of drug-likeness (QED) is 0.473. The Morgan fingerprint density at radius 2 is 1.08 bits per heavy atom. The second-order valence-electron chi connectivity index (χ2n) is 6.08. The Labute approximate surface area is 162 Å². The fraction of sp³-hybridized carbons (Fsp3) is 0.300. The van der Waals surface area contributed by atoms with Crippen molar-refractivity contribution in [2.75, 3.05) is 22.1 Å². The Bertz CT molecular complexity index is 634. The van der Waals surface area contributed by atoms with E-state index in [4.69, 9.17) is 0 Å². The van der Waals surface area contributed by atoms with Crippen LogP contribution in [0.25, 0.3) is 0 Å². The van der Waals surface area contributed by atoms with Crippen LogP contribution in [0.3, 0.4) is 0 Å². The van der Waals surface area contributed by atoms with Crippen molar-refractivity contribution in [2.45, 2.75) is 13.8 Å². The Morgan fingerprint density at radius 1 is 0.731 bits per heavy atom. The van der Waals surface area contributed by atoms with Crippen LogP contribution in [-0.2, 0) is 9.59 Å². The number of nitrogens with one attached hydrogen (secondary N) is 2. The van der Waals surface area contributed by atoms with E-state index in [2.05, 4.69) is 10.6 Å². The summed E-state index contributed by atoms with van der Waals surface area (Å²) >= 11 is 0. The predicted octanol–water partition coefficient (Wildman–Crippen LogP) is 4.92. The van der Waals surface area contributed by atoms with Gasteiger partial charge in [0.1, 0.15) is 0 Å². The van der Waals surface area contributed by atoms with Crippen molar-refractivity contribution in [1.82, 2.24) is 0 Å². The van der Waals surface area contributed by atoms with Crippen LogP contribution in [0, 0.1) is 11.8 Å². The van der Waals surface area contributed by atoms with E-state index in [1.165, 1.54) is 0 Å². The smallest absolute Gasteiger partial charge is 0.228 e. The average molecular weight is 389 g/mol. The maximum absolute atomic E-state index is 12.2. The van der Waals surface area contributed by atoms with E-state index in [1.807, 2.05) is 74.5 Å². The Balaban J connectivity index is 1.64. The van der Waals surface area contributed by atoms with Gasteiger partial charge in [-0.15, -0.1) is 0 Å². The van der Waals surface area contributed by atoms with Crippen LogP contribution >= 0.6 is 21.6 Å². The van der Waals surface area contributed by atoms with E-state index in [1.54, 1.807) is 21.6 Å². The minimum absolute atomic E-state index is 0.0131. The summed E-state index contributed by atoms with van der Waals surface area (Å²) in [5.41, 5.74) is 1.63. The molecule has 2 rings (SSSR count). The van der Waals surface area contributed by atoms with E-state index in [-0.39, 0.29) is 23.7 Å². The number of hydrogen-bond donors (Lipinski definition) is 2. The highest BCUT2D eigenvalue weighted by atomic mass is 33.1. The van der Waals surface area contributed by atoms with Gasteiger partial charge in [-0.2, -0.15) is 0 Å². The number of hydrogen-bond acceptors (Lipinski definition) is 4. The molecular formula is C20H24N2O2S2. The molecule has 2 aromatic rings. The maximum Gasteiger partial charge on any atom is 0.228 e. The monoisotopic (exact) mass is 388 g/mol. The van der Waals surface area contributed by atoms with Gasteiger partial charge in [-0.3, -0.25) is 9.59 Å². The molecule has 0 bridgehead atoms. The van der Waals surface area contributed by atoms with Crippen LogP contribution < -0.4 is 10.6 Å². The lowest BCUT2D eigenvalue weighted by molar-refractivity contribution is -0.119. The van der Waals surface area contributed by atoms with Crippen LogP contribution in [0.4, 0.5) is 11.4 Å². The van der Waals surface area contributed by atoms with Gasteiger partial charge >= 0.3 is 0 Å². The van der Waals surface area contributed by atoms with Crippen molar-refractivity contribution in [2.24, 2.45) is 11.8 Å². The number of carbonyl (C=O) groups is 2. The molecule has 0 heterocycles. The fourth-order valence-corrected chi connectivity index (χ4v) is 4.73. The van der Waals surface area contributed by atoms with Crippen molar-refractivity contribution in [1.29, 1.82) is 0 Å². The van der Waals surface area contributed by atoms with Crippen LogP contribution in [0.15, 0.2) is 60.7 Å². The van der Waals surface area contributed by atoms with Crippen LogP contribution in [0.5, 0.6) is 0 Å². The van der Waals surface area contributed by atoms with Gasteiger partial charge in [0.15, 0.2) is 0 Å². The molecule has 0 aromatic heterocycles. The molecule has 4 nitrogen and oxygen atoms in total. The summed E-state index contributed by atoms with van der Waals surface area (Å²) in [5.74, 6) is 1.24. The Morgan fingerprint density at radius 3 is 1.42 bits per heavy atom. The summed E-state index contributed by atoms with van der Waals surface area (Å²) in [7, 11) is 3.26. The summed E-state index contributed by atoms with van der Waals surface area (Å²) in [6.07, 6.45) is 0. The molecular weight excluding hydrogens is 364 g/mol. The first kappa shape index (κ1) is 20.4. The van der Waals surface area contributed by atoms with E-state index in [0.29, 0.717) is 11.5 Å². The van der Waals surface area contributed by atoms with Crippen molar-refractivity contribution >= 4 is 44.8 Å². The summed E-state index contributed by atoms with van der Waals surface area (Å²) in [6, 6.07) is 18.9. The normalized spacial score (nSPS) is 12.8. The van der Waals surface area contributed by atoms with E-state index >= 15 is 0 Å². The molecule has 2 aromatic carbocycles. The molecule has 0 spiro atoms. The Hall–Kier alpha value is -1.92. The minimum Gasteiger partial charge on any atom is -0.326 e. The summed E-state index contributed by atoms with van der Waals surface area (Å²) in [5, 5.41) is 5.82. The van der Waals surface area contributed by atoms with E-state index < -0.39 is 0 Å². The molecule has 0 aliphatic carbocycles. The number of rotatable bonds is 9. The number of benzene rings is 2. The molecule has 0 saturated carbocycles. The molecule has 138 valence electrons. The molecule has 0 aliphatic heterocycles. The van der Waals surface area contributed by atoms with Crippen molar-refractivity contribution in [3.8, 4) is 0 Å². The lowest BCUT2D eigenvalue weighted by atomic mass is 10.2. The van der Waals surface area contributed by atoms with E-state index in [9.17, 15) is 9.59 Å². The minimum atomic E-state index is -0.0962. The first-order chi connectivity index (χ1) is 12.6. The standard InChI is InChI=1S/C20H24N2O2S2/c1-15(19(23)21-17-9-5-3-6-10-17)13-25-26-14-16(2)20(24)22-18-11-7-4-8-12-18/h3-12,15-16H,13-14H2,1-2H3,(H,21,23)(H,22,24). The zero-order valence-corrected chi connectivity index (χ0v) is 16.6. The highest BCUT2D eigenvalue weighted by molar-refractivity contribution is 8.76. The number of para-hydroxylation sites is 2. The molecule has 2 atom stereocenters. The zero-order valence-electron chi connectivity index (χ0n) is 15.0. The van der Waals surface area contributed by atoms with Gasteiger partial charge in [0.2, 0.25) is 11.8 Å². The molecule has 0 saturated heterocycles. The topological polar surface area (TPSA) is 58.2 Å². The first-order valence-electron chi connectivity index (χ1n) is 8.52. The average Bonchev–Trinajstić information content (AvgIpc) is 2.66. The van der Waals surface area contributed by atoms with Gasteiger partial charge in [-0.25, -0.2) is 0 Å². The van der Waals surface area contributed by atoms with Gasteiger partial charge in [0.25, 0.3) is 0 Å². The highest BCUT2D eigenvalue weighted by Gasteiger charge is 2.16. The second kappa shape index (κ2) is 10.9. The Kier molecular flexibility index (Phi) is 8.58. The van der Waals surface area contributed by atoms with Crippen LogP contribution in [0.2, 0.25) is 0 Å². The summed E-state index contributed by atoms with van der Waals surface area (Å²) < 4.78 is 0. The number of amides is 2. The highest BCUT2D eigenvalue weighted by Crippen LogP contribution is 2.27. The molecule has 0 aliphatic rings. The van der Waals surface area contributed by atoms with Crippen LogP contribution in [-0.4, -0.2) is 23.3 Å². The lowest BCUT2D eigenvalue weighted by Crippen LogP contribution is -2.22. The van der Waals surface area contributed by atoms with Crippen molar-refractivity contribution in [3.63, 3.8) is 0 Å². The molecule has 6 heteroatoms. The largest absolute Gasteiger partial charge is 0.326 e. The predicted molar refractivity (Wildman–Crippen MR) is 113 cm³/mol. The molecule has 2 N–H and O–H groups in total. The van der Waals surface area contributed by atoms with Crippen molar-refractivity contribution < 1.29 is 9.59 Å². The molecule has 2 amide bonds. The summed E-state index contributed by atoms with van der Waals surface area (Å²) in [6.45, 7) is 3.83. The molecule has 0 radical (unpaired) electrons. The van der Waals surface area contributed by atoms with Crippen LogP contribution in [0.1, 0.15) is 13.8 Å². The third-order valence-electron chi connectivity index (χ3n) is 3.70. The fourth-order valence-electron chi connectivity index (χ4n) is 2.03. The molecule has 0 fully saturated rings. The molecule has 26 heavy (non-hydrogen) atoms.